The van der Waals surface area contributed by atoms with Gasteiger partial charge in [0.1, 0.15) is 17.3 Å². The molecule has 0 aliphatic carbocycles. The molecule has 27 heavy (non-hydrogen) atoms. The molecule has 3 rings (SSSR count). The van der Waals surface area contributed by atoms with Crippen molar-refractivity contribution in [2.24, 2.45) is 5.41 Å². The predicted octanol–water partition coefficient (Wildman–Crippen LogP) is 3.81. The van der Waals surface area contributed by atoms with Crippen molar-refractivity contribution < 1.29 is 23.8 Å². The largest absolute Gasteiger partial charge is 0.497 e. The quantitative estimate of drug-likeness (QED) is 0.556. The maximum Gasteiger partial charge on any atom is 0.316 e. The minimum absolute atomic E-state index is 0.0132. The fraction of sp³-hybridized carbons (Fsp3) is 0.333. The van der Waals surface area contributed by atoms with Crippen molar-refractivity contribution in [3.05, 3.63) is 59.7 Å². The highest BCUT2D eigenvalue weighted by Crippen LogP contribution is 2.49. The molecule has 2 unspecified atom stereocenters. The van der Waals surface area contributed by atoms with Crippen molar-refractivity contribution in [3.63, 3.8) is 0 Å². The van der Waals surface area contributed by atoms with E-state index in [9.17, 15) is 9.59 Å². The molecule has 1 saturated heterocycles. The number of hydrogen-bond acceptors (Lipinski definition) is 6. The fourth-order valence-corrected chi connectivity index (χ4v) is 3.93. The van der Waals surface area contributed by atoms with Gasteiger partial charge in [-0.05, 0) is 48.1 Å². The Morgan fingerprint density at radius 1 is 1.15 bits per heavy atom. The van der Waals surface area contributed by atoms with Crippen LogP contribution in [-0.4, -0.2) is 32.4 Å². The van der Waals surface area contributed by atoms with Crippen LogP contribution in [0.15, 0.2) is 53.4 Å². The lowest BCUT2D eigenvalue weighted by atomic mass is 9.73. The summed E-state index contributed by atoms with van der Waals surface area (Å²) in [6.07, 6.45) is 1.63. The highest BCUT2D eigenvalue weighted by atomic mass is 32.2. The zero-order valence-corrected chi connectivity index (χ0v) is 16.4. The number of hydrogen-bond donors (Lipinski definition) is 0. The molecule has 0 amide bonds. The van der Waals surface area contributed by atoms with Crippen LogP contribution in [-0.2, 0) is 25.5 Å². The van der Waals surface area contributed by atoms with Crippen LogP contribution in [0.4, 0.5) is 0 Å². The number of cyclic esters (lactones) is 1. The molecule has 1 fully saturated rings. The van der Waals surface area contributed by atoms with E-state index >= 15 is 0 Å². The first-order valence-electron chi connectivity index (χ1n) is 8.57. The van der Waals surface area contributed by atoms with E-state index in [2.05, 4.69) is 0 Å². The monoisotopic (exact) mass is 386 g/mol. The first kappa shape index (κ1) is 19.3. The molecule has 2 aromatic rings. The van der Waals surface area contributed by atoms with Crippen molar-refractivity contribution in [2.45, 2.75) is 23.8 Å². The van der Waals surface area contributed by atoms with Gasteiger partial charge in [0.2, 0.25) is 0 Å². The Morgan fingerprint density at radius 3 is 2.37 bits per heavy atom. The van der Waals surface area contributed by atoms with Crippen LogP contribution in [0.25, 0.3) is 0 Å². The first-order chi connectivity index (χ1) is 13.0. The standard InChI is InChI=1S/C21H22O5S/c1-24-16-8-4-14(5-9-16)12-21(20(23)25-2)13-18(22)26-19(21)15-6-10-17(27-3)11-7-15/h4-11,19H,12-13H2,1-3H3. The topological polar surface area (TPSA) is 61.8 Å². The molecule has 1 aliphatic heterocycles. The molecule has 1 aliphatic rings. The van der Waals surface area contributed by atoms with Gasteiger partial charge in [0.25, 0.3) is 0 Å². The number of methoxy groups -OCH3 is 2. The van der Waals surface area contributed by atoms with Gasteiger partial charge in [-0.15, -0.1) is 11.8 Å². The van der Waals surface area contributed by atoms with E-state index < -0.39 is 23.5 Å². The first-order valence-corrected chi connectivity index (χ1v) is 9.79. The third-order valence-electron chi connectivity index (χ3n) is 4.90. The van der Waals surface area contributed by atoms with Gasteiger partial charge in [-0.25, -0.2) is 0 Å². The summed E-state index contributed by atoms with van der Waals surface area (Å²) in [4.78, 5) is 26.2. The normalized spacial score (nSPS) is 21.6. The molecule has 0 N–H and O–H groups in total. The molecular formula is C21H22O5S. The van der Waals surface area contributed by atoms with E-state index in [0.29, 0.717) is 6.42 Å². The molecule has 0 spiro atoms. The van der Waals surface area contributed by atoms with E-state index in [1.54, 1.807) is 18.9 Å². The average molecular weight is 386 g/mol. The van der Waals surface area contributed by atoms with Gasteiger partial charge in [0.15, 0.2) is 0 Å². The van der Waals surface area contributed by atoms with E-state index in [4.69, 9.17) is 14.2 Å². The molecule has 0 aromatic heterocycles. The van der Waals surface area contributed by atoms with Gasteiger partial charge in [0.05, 0.1) is 20.6 Å². The Hall–Kier alpha value is -2.47. The summed E-state index contributed by atoms with van der Waals surface area (Å²) in [5.74, 6) is -0.107. The third-order valence-corrected chi connectivity index (χ3v) is 5.64. The number of esters is 2. The van der Waals surface area contributed by atoms with Gasteiger partial charge in [-0.2, -0.15) is 0 Å². The number of thioether (sulfide) groups is 1. The Bertz CT molecular complexity index is 815. The molecule has 6 heteroatoms. The van der Waals surface area contributed by atoms with Crippen LogP contribution in [0.3, 0.4) is 0 Å². The SMILES string of the molecule is COC(=O)C1(Cc2ccc(OC)cc2)CC(=O)OC1c1ccc(SC)cc1. The molecule has 0 radical (unpaired) electrons. The maximum absolute atomic E-state index is 12.8. The number of carbonyl (C=O) groups excluding carboxylic acids is 2. The van der Waals surface area contributed by atoms with Gasteiger partial charge in [-0.1, -0.05) is 24.3 Å². The molecular weight excluding hydrogens is 364 g/mol. The van der Waals surface area contributed by atoms with Gasteiger partial charge in [0, 0.05) is 4.90 Å². The predicted molar refractivity (Wildman–Crippen MR) is 103 cm³/mol. The second-order valence-electron chi connectivity index (χ2n) is 6.49. The van der Waals surface area contributed by atoms with Crippen molar-refractivity contribution in [2.75, 3.05) is 20.5 Å². The second-order valence-corrected chi connectivity index (χ2v) is 7.37. The highest BCUT2D eigenvalue weighted by molar-refractivity contribution is 7.98. The van der Waals surface area contributed by atoms with Gasteiger partial charge < -0.3 is 14.2 Å². The molecule has 2 atom stereocenters. The Morgan fingerprint density at radius 2 is 1.81 bits per heavy atom. The molecule has 2 aromatic carbocycles. The van der Waals surface area contributed by atoms with Crippen LogP contribution in [0.1, 0.15) is 23.7 Å². The lowest BCUT2D eigenvalue weighted by molar-refractivity contribution is -0.157. The van der Waals surface area contributed by atoms with Crippen LogP contribution >= 0.6 is 11.8 Å². The summed E-state index contributed by atoms with van der Waals surface area (Å²) in [6.45, 7) is 0. The number of ether oxygens (including phenoxy) is 3. The number of carbonyl (C=O) groups is 2. The van der Waals surface area contributed by atoms with Gasteiger partial charge in [-0.3, -0.25) is 9.59 Å². The minimum Gasteiger partial charge on any atom is -0.497 e. The zero-order chi connectivity index (χ0) is 19.4. The van der Waals surface area contributed by atoms with Crippen LogP contribution < -0.4 is 4.74 Å². The lowest BCUT2D eigenvalue weighted by Gasteiger charge is -2.30. The molecule has 0 bridgehead atoms. The summed E-state index contributed by atoms with van der Waals surface area (Å²) in [7, 11) is 2.94. The summed E-state index contributed by atoms with van der Waals surface area (Å²) >= 11 is 1.63. The lowest BCUT2D eigenvalue weighted by Crippen LogP contribution is -2.37. The summed E-state index contributed by atoms with van der Waals surface area (Å²) in [5.41, 5.74) is 0.601. The molecule has 1 heterocycles. The molecule has 142 valence electrons. The smallest absolute Gasteiger partial charge is 0.316 e. The third kappa shape index (κ3) is 3.81. The number of benzene rings is 2. The van der Waals surface area contributed by atoms with Crippen molar-refractivity contribution in [1.29, 1.82) is 0 Å². The summed E-state index contributed by atoms with van der Waals surface area (Å²) in [5, 5.41) is 0. The maximum atomic E-state index is 12.8. The summed E-state index contributed by atoms with van der Waals surface area (Å²) < 4.78 is 15.9. The zero-order valence-electron chi connectivity index (χ0n) is 15.6. The second kappa shape index (κ2) is 8.05. The van der Waals surface area contributed by atoms with Crippen molar-refractivity contribution in [1.82, 2.24) is 0 Å². The average Bonchev–Trinajstić information content (AvgIpc) is 3.05. The van der Waals surface area contributed by atoms with Crippen molar-refractivity contribution in [3.8, 4) is 5.75 Å². The van der Waals surface area contributed by atoms with Gasteiger partial charge >= 0.3 is 11.9 Å². The highest BCUT2D eigenvalue weighted by Gasteiger charge is 2.56. The van der Waals surface area contributed by atoms with Crippen LogP contribution in [0.2, 0.25) is 0 Å². The summed E-state index contributed by atoms with van der Waals surface area (Å²) in [6, 6.07) is 15.2. The van der Waals surface area contributed by atoms with Crippen LogP contribution in [0, 0.1) is 5.41 Å². The van der Waals surface area contributed by atoms with Crippen LogP contribution in [0.5, 0.6) is 5.75 Å². The Balaban J connectivity index is 2.00. The Labute approximate surface area is 163 Å². The van der Waals surface area contributed by atoms with Crippen molar-refractivity contribution >= 4 is 23.7 Å². The van der Waals surface area contributed by atoms with E-state index in [1.807, 2.05) is 54.8 Å². The fourth-order valence-electron chi connectivity index (χ4n) is 3.52. The van der Waals surface area contributed by atoms with E-state index in [-0.39, 0.29) is 6.42 Å². The Kier molecular flexibility index (Phi) is 5.75. The van der Waals surface area contributed by atoms with E-state index in [1.165, 1.54) is 7.11 Å². The number of rotatable bonds is 6. The van der Waals surface area contributed by atoms with E-state index in [0.717, 1.165) is 21.8 Å². The molecule has 5 nitrogen and oxygen atoms in total. The minimum atomic E-state index is -1.10. The molecule has 0 saturated carbocycles.